The summed E-state index contributed by atoms with van der Waals surface area (Å²) in [6, 6.07) is 3.72. The number of rotatable bonds is 2. The molecule has 0 spiro atoms. The number of hydrogen-bond donors (Lipinski definition) is 3. The number of allylic oxidation sites excluding steroid dienone is 1. The van der Waals surface area contributed by atoms with Gasteiger partial charge in [-0.05, 0) is 24.6 Å². The van der Waals surface area contributed by atoms with Crippen molar-refractivity contribution in [1.82, 2.24) is 10.6 Å². The second-order valence-corrected chi connectivity index (χ2v) is 4.94. The molecular formula is C12H11Cl2N3O2. The Morgan fingerprint density at radius 2 is 2.05 bits per heavy atom. The molecule has 1 aliphatic heterocycles. The Bertz CT molecular complexity index is 599. The predicted molar refractivity (Wildman–Crippen MR) is 72.8 cm³/mol. The number of benzene rings is 1. The lowest BCUT2D eigenvalue weighted by atomic mass is 9.95. The van der Waals surface area contributed by atoms with E-state index in [1.54, 1.807) is 25.1 Å². The second kappa shape index (κ2) is 5.11. The van der Waals surface area contributed by atoms with Crippen LogP contribution in [0.2, 0.25) is 10.0 Å². The van der Waals surface area contributed by atoms with Crippen molar-refractivity contribution in [3.8, 4) is 0 Å². The molecule has 0 bridgehead atoms. The van der Waals surface area contributed by atoms with Crippen LogP contribution in [0.1, 0.15) is 18.5 Å². The van der Waals surface area contributed by atoms with Gasteiger partial charge in [-0.25, -0.2) is 4.79 Å². The second-order valence-electron chi connectivity index (χ2n) is 4.10. The summed E-state index contributed by atoms with van der Waals surface area (Å²) in [7, 11) is 0. The van der Waals surface area contributed by atoms with E-state index in [0.29, 0.717) is 21.3 Å². The van der Waals surface area contributed by atoms with Crippen LogP contribution in [0.15, 0.2) is 29.5 Å². The van der Waals surface area contributed by atoms with Gasteiger partial charge in [-0.15, -0.1) is 0 Å². The molecule has 7 heteroatoms. The number of nitrogens with two attached hydrogens (primary N) is 1. The average Bonchev–Trinajstić information content (AvgIpc) is 2.26. The van der Waals surface area contributed by atoms with Crippen molar-refractivity contribution in [2.45, 2.75) is 13.0 Å². The number of carbonyl (C=O) groups is 2. The third kappa shape index (κ3) is 2.67. The van der Waals surface area contributed by atoms with Crippen LogP contribution in [0.25, 0.3) is 0 Å². The Morgan fingerprint density at radius 1 is 1.37 bits per heavy atom. The summed E-state index contributed by atoms with van der Waals surface area (Å²) in [6.07, 6.45) is 0. The molecule has 0 unspecified atom stereocenters. The minimum atomic E-state index is -0.684. The highest BCUT2D eigenvalue weighted by Crippen LogP contribution is 2.32. The maximum Gasteiger partial charge on any atom is 0.319 e. The molecule has 1 aromatic carbocycles. The van der Waals surface area contributed by atoms with Gasteiger partial charge in [-0.3, -0.25) is 4.79 Å². The largest absolute Gasteiger partial charge is 0.366 e. The van der Waals surface area contributed by atoms with Crippen LogP contribution in [0.3, 0.4) is 0 Å². The lowest BCUT2D eigenvalue weighted by Crippen LogP contribution is -2.46. The van der Waals surface area contributed by atoms with Crippen molar-refractivity contribution < 1.29 is 9.59 Å². The van der Waals surface area contributed by atoms with Gasteiger partial charge < -0.3 is 16.4 Å². The van der Waals surface area contributed by atoms with E-state index in [0.717, 1.165) is 0 Å². The SMILES string of the molecule is CC1=C(C(N)=O)[C@@H](c2ccc(Cl)cc2Cl)NC(=O)N1. The topological polar surface area (TPSA) is 84.2 Å². The standard InChI is InChI=1S/C12H11Cl2N3O2/c1-5-9(11(15)18)10(17-12(19)16-5)7-3-2-6(13)4-8(7)14/h2-4,10H,1H3,(H2,15,18)(H2,16,17,19)/t10-/m1/s1. The van der Waals surface area contributed by atoms with Gasteiger partial charge in [0.15, 0.2) is 0 Å². The first-order chi connectivity index (χ1) is 8.90. The Kier molecular flexibility index (Phi) is 3.68. The minimum Gasteiger partial charge on any atom is -0.366 e. The molecule has 0 saturated heterocycles. The van der Waals surface area contributed by atoms with E-state index < -0.39 is 18.0 Å². The predicted octanol–water partition coefficient (Wildman–Crippen LogP) is 2.11. The summed E-state index contributed by atoms with van der Waals surface area (Å²) in [5.74, 6) is -0.624. The van der Waals surface area contributed by atoms with E-state index in [-0.39, 0.29) is 5.57 Å². The third-order valence-electron chi connectivity index (χ3n) is 2.81. The molecule has 1 aliphatic rings. The van der Waals surface area contributed by atoms with E-state index in [1.807, 2.05) is 0 Å². The highest BCUT2D eigenvalue weighted by molar-refractivity contribution is 6.35. The van der Waals surface area contributed by atoms with Crippen molar-refractivity contribution in [2.75, 3.05) is 0 Å². The zero-order valence-corrected chi connectivity index (χ0v) is 11.5. The fourth-order valence-corrected chi connectivity index (χ4v) is 2.51. The molecule has 1 atom stereocenters. The van der Waals surface area contributed by atoms with Gasteiger partial charge in [0.2, 0.25) is 5.91 Å². The third-order valence-corrected chi connectivity index (χ3v) is 3.37. The van der Waals surface area contributed by atoms with Crippen LogP contribution in [-0.4, -0.2) is 11.9 Å². The van der Waals surface area contributed by atoms with Gasteiger partial charge in [-0.2, -0.15) is 0 Å². The highest BCUT2D eigenvalue weighted by atomic mass is 35.5. The van der Waals surface area contributed by atoms with Crippen molar-refractivity contribution in [2.24, 2.45) is 5.73 Å². The van der Waals surface area contributed by atoms with Crippen molar-refractivity contribution in [3.63, 3.8) is 0 Å². The number of amides is 3. The van der Waals surface area contributed by atoms with E-state index in [2.05, 4.69) is 10.6 Å². The molecule has 0 aromatic heterocycles. The lowest BCUT2D eigenvalue weighted by Gasteiger charge is -2.28. The van der Waals surface area contributed by atoms with E-state index in [1.165, 1.54) is 0 Å². The molecule has 5 nitrogen and oxygen atoms in total. The molecule has 2 rings (SSSR count). The molecule has 0 fully saturated rings. The number of primary amides is 1. The fraction of sp³-hybridized carbons (Fsp3) is 0.167. The molecule has 0 saturated carbocycles. The molecule has 0 radical (unpaired) electrons. The van der Waals surface area contributed by atoms with Gasteiger partial charge in [0.25, 0.3) is 0 Å². The summed E-state index contributed by atoms with van der Waals surface area (Å²) < 4.78 is 0. The maximum absolute atomic E-state index is 11.5. The Morgan fingerprint density at radius 3 is 2.63 bits per heavy atom. The highest BCUT2D eigenvalue weighted by Gasteiger charge is 2.31. The van der Waals surface area contributed by atoms with Crippen molar-refractivity contribution in [3.05, 3.63) is 45.1 Å². The quantitative estimate of drug-likeness (QED) is 0.781. The van der Waals surface area contributed by atoms with Gasteiger partial charge in [0, 0.05) is 15.7 Å². The monoisotopic (exact) mass is 299 g/mol. The molecule has 4 N–H and O–H groups in total. The number of urea groups is 1. The molecular weight excluding hydrogens is 289 g/mol. The Hall–Kier alpha value is -1.72. The van der Waals surface area contributed by atoms with Gasteiger partial charge >= 0.3 is 6.03 Å². The molecule has 100 valence electrons. The Balaban J connectivity index is 2.55. The first kappa shape index (κ1) is 13.7. The van der Waals surface area contributed by atoms with E-state index in [4.69, 9.17) is 28.9 Å². The first-order valence-electron chi connectivity index (χ1n) is 5.43. The smallest absolute Gasteiger partial charge is 0.319 e. The number of halogens is 2. The van der Waals surface area contributed by atoms with Crippen LogP contribution in [0.4, 0.5) is 4.79 Å². The maximum atomic E-state index is 11.5. The molecule has 1 aromatic rings. The van der Waals surface area contributed by atoms with E-state index >= 15 is 0 Å². The van der Waals surface area contributed by atoms with Crippen LogP contribution in [0.5, 0.6) is 0 Å². The average molecular weight is 300 g/mol. The van der Waals surface area contributed by atoms with Gasteiger partial charge in [0.1, 0.15) is 0 Å². The van der Waals surface area contributed by atoms with Gasteiger partial charge in [-0.1, -0.05) is 29.3 Å². The summed E-state index contributed by atoms with van der Waals surface area (Å²) in [6.45, 7) is 1.61. The molecule has 3 amide bonds. The van der Waals surface area contributed by atoms with Crippen molar-refractivity contribution >= 4 is 35.1 Å². The lowest BCUT2D eigenvalue weighted by molar-refractivity contribution is -0.115. The van der Waals surface area contributed by atoms with Crippen molar-refractivity contribution in [1.29, 1.82) is 0 Å². The zero-order valence-electron chi connectivity index (χ0n) is 9.96. The minimum absolute atomic E-state index is 0.267. The summed E-state index contributed by atoms with van der Waals surface area (Å²) in [5, 5.41) is 5.94. The van der Waals surface area contributed by atoms with Crippen LogP contribution < -0.4 is 16.4 Å². The molecule has 19 heavy (non-hydrogen) atoms. The summed E-state index contributed by atoms with van der Waals surface area (Å²) in [5.41, 5.74) is 6.59. The van der Waals surface area contributed by atoms with Crippen LogP contribution in [0, 0.1) is 0 Å². The fourth-order valence-electron chi connectivity index (χ4n) is 1.99. The molecule has 0 aliphatic carbocycles. The Labute approximate surface area is 119 Å². The summed E-state index contributed by atoms with van der Waals surface area (Å²) in [4.78, 5) is 23.1. The number of nitrogens with one attached hydrogen (secondary N) is 2. The number of carbonyl (C=O) groups excluding carboxylic acids is 2. The summed E-state index contributed by atoms with van der Waals surface area (Å²) >= 11 is 11.9. The number of hydrogen-bond acceptors (Lipinski definition) is 2. The van der Waals surface area contributed by atoms with Crippen LogP contribution in [-0.2, 0) is 4.79 Å². The van der Waals surface area contributed by atoms with Gasteiger partial charge in [0.05, 0.1) is 11.6 Å². The first-order valence-corrected chi connectivity index (χ1v) is 6.18. The zero-order chi connectivity index (χ0) is 14.2. The molecule has 1 heterocycles. The van der Waals surface area contributed by atoms with E-state index in [9.17, 15) is 9.59 Å². The normalized spacial score (nSPS) is 18.9. The van der Waals surface area contributed by atoms with Crippen LogP contribution >= 0.6 is 23.2 Å².